The molecule has 4 rings (SSSR count). The SMILES string of the molecule is C[C@H](C[C@H](O)c1ccco1)N[C@@H]1[C@@H]2CCO[C@@H]2C12CCCC2. The first-order valence-corrected chi connectivity index (χ1v) is 8.80. The predicted octanol–water partition coefficient (Wildman–Crippen LogP) is 3.03. The monoisotopic (exact) mass is 305 g/mol. The number of fused-ring (bicyclic) bond motifs is 2. The Hall–Kier alpha value is -0.840. The molecule has 1 aromatic rings. The van der Waals surface area contributed by atoms with Crippen LogP contribution in [0.25, 0.3) is 0 Å². The average molecular weight is 305 g/mol. The fraction of sp³-hybridized carbons (Fsp3) is 0.778. The molecule has 1 saturated heterocycles. The molecule has 2 N–H and O–H groups in total. The smallest absolute Gasteiger partial charge is 0.132 e. The first-order chi connectivity index (χ1) is 10.7. The minimum Gasteiger partial charge on any atom is -0.467 e. The van der Waals surface area contributed by atoms with Crippen LogP contribution in [0.4, 0.5) is 0 Å². The second kappa shape index (κ2) is 5.66. The number of nitrogens with one attached hydrogen (secondary N) is 1. The van der Waals surface area contributed by atoms with E-state index >= 15 is 0 Å². The van der Waals surface area contributed by atoms with Gasteiger partial charge in [0, 0.05) is 30.0 Å². The van der Waals surface area contributed by atoms with E-state index in [2.05, 4.69) is 12.2 Å². The molecule has 22 heavy (non-hydrogen) atoms. The lowest BCUT2D eigenvalue weighted by Crippen LogP contribution is -2.68. The maximum atomic E-state index is 10.3. The van der Waals surface area contributed by atoms with Crippen LogP contribution in [0.15, 0.2) is 22.8 Å². The second-order valence-corrected chi connectivity index (χ2v) is 7.50. The molecule has 0 unspecified atom stereocenters. The maximum absolute atomic E-state index is 10.3. The summed E-state index contributed by atoms with van der Waals surface area (Å²) in [5, 5.41) is 14.1. The van der Waals surface area contributed by atoms with Crippen molar-refractivity contribution in [3.05, 3.63) is 24.2 Å². The van der Waals surface area contributed by atoms with Gasteiger partial charge in [0.05, 0.1) is 12.4 Å². The first-order valence-electron chi connectivity index (χ1n) is 8.80. The number of ether oxygens (including phenoxy) is 1. The van der Waals surface area contributed by atoms with E-state index in [1.165, 1.54) is 32.1 Å². The number of furan rings is 1. The summed E-state index contributed by atoms with van der Waals surface area (Å²) in [5.74, 6) is 1.35. The van der Waals surface area contributed by atoms with E-state index in [1.807, 2.05) is 12.1 Å². The third-order valence-corrected chi connectivity index (χ3v) is 6.20. The minimum atomic E-state index is -0.521. The number of aliphatic hydroxyl groups excluding tert-OH is 1. The van der Waals surface area contributed by atoms with Crippen molar-refractivity contribution in [2.24, 2.45) is 11.3 Å². The maximum Gasteiger partial charge on any atom is 0.132 e. The second-order valence-electron chi connectivity index (χ2n) is 7.50. The molecule has 3 fully saturated rings. The van der Waals surface area contributed by atoms with E-state index in [-0.39, 0.29) is 6.04 Å². The zero-order valence-electron chi connectivity index (χ0n) is 13.3. The standard InChI is InChI=1S/C18H27NO3/c1-12(11-14(20)15-5-4-9-21-15)19-16-13-6-10-22-17(13)18(16)7-2-3-8-18/h4-5,9,12-14,16-17,19-20H,2-3,6-8,10-11H2,1H3/t12-,13+,14+,16-,17+/m1/s1. The van der Waals surface area contributed by atoms with Crippen molar-refractivity contribution in [3.63, 3.8) is 0 Å². The van der Waals surface area contributed by atoms with Crippen LogP contribution in [-0.4, -0.2) is 29.9 Å². The van der Waals surface area contributed by atoms with Gasteiger partial charge in [-0.05, 0) is 44.7 Å². The van der Waals surface area contributed by atoms with Gasteiger partial charge in [-0.25, -0.2) is 0 Å². The van der Waals surface area contributed by atoms with Gasteiger partial charge in [-0.15, -0.1) is 0 Å². The molecule has 2 saturated carbocycles. The fourth-order valence-corrected chi connectivity index (χ4v) is 5.25. The Morgan fingerprint density at radius 3 is 2.95 bits per heavy atom. The van der Waals surface area contributed by atoms with Gasteiger partial charge in [0.25, 0.3) is 0 Å². The van der Waals surface area contributed by atoms with E-state index in [0.717, 1.165) is 6.61 Å². The van der Waals surface area contributed by atoms with Crippen molar-refractivity contribution in [2.75, 3.05) is 6.61 Å². The van der Waals surface area contributed by atoms with Crippen LogP contribution in [0.1, 0.15) is 57.3 Å². The molecule has 4 nitrogen and oxygen atoms in total. The van der Waals surface area contributed by atoms with Crippen LogP contribution in [0, 0.1) is 11.3 Å². The van der Waals surface area contributed by atoms with Gasteiger partial charge >= 0.3 is 0 Å². The molecule has 3 aliphatic rings. The number of hydrogen-bond acceptors (Lipinski definition) is 4. The van der Waals surface area contributed by atoms with Crippen LogP contribution in [0.3, 0.4) is 0 Å². The van der Waals surface area contributed by atoms with E-state index in [4.69, 9.17) is 9.15 Å². The summed E-state index contributed by atoms with van der Waals surface area (Å²) in [6.45, 7) is 3.11. The molecular weight excluding hydrogens is 278 g/mol. The van der Waals surface area contributed by atoms with Crippen LogP contribution in [0.5, 0.6) is 0 Å². The van der Waals surface area contributed by atoms with Crippen molar-refractivity contribution in [1.29, 1.82) is 0 Å². The molecule has 1 aromatic heterocycles. The van der Waals surface area contributed by atoms with Gasteiger partial charge in [0.2, 0.25) is 0 Å². The Bertz CT molecular complexity index is 494. The molecule has 0 aromatic carbocycles. The van der Waals surface area contributed by atoms with E-state index in [0.29, 0.717) is 35.7 Å². The highest BCUT2D eigenvalue weighted by Crippen LogP contribution is 2.60. The topological polar surface area (TPSA) is 54.6 Å². The summed E-state index contributed by atoms with van der Waals surface area (Å²) in [6, 6.07) is 4.53. The Morgan fingerprint density at radius 2 is 2.23 bits per heavy atom. The number of hydrogen-bond donors (Lipinski definition) is 2. The lowest BCUT2D eigenvalue weighted by molar-refractivity contribution is -0.133. The summed E-state index contributed by atoms with van der Waals surface area (Å²) >= 11 is 0. The van der Waals surface area contributed by atoms with Crippen molar-refractivity contribution in [2.45, 2.75) is 69.7 Å². The summed E-state index contributed by atoms with van der Waals surface area (Å²) in [5.41, 5.74) is 0.380. The van der Waals surface area contributed by atoms with Gasteiger partial charge < -0.3 is 19.6 Å². The number of rotatable bonds is 5. The molecule has 2 aliphatic carbocycles. The van der Waals surface area contributed by atoms with Crippen LogP contribution < -0.4 is 5.32 Å². The van der Waals surface area contributed by atoms with Crippen molar-refractivity contribution in [1.82, 2.24) is 5.32 Å². The summed E-state index contributed by atoms with van der Waals surface area (Å²) < 4.78 is 11.3. The van der Waals surface area contributed by atoms with E-state index in [9.17, 15) is 5.11 Å². The van der Waals surface area contributed by atoms with Gasteiger partial charge in [-0.3, -0.25) is 0 Å². The van der Waals surface area contributed by atoms with Crippen molar-refractivity contribution < 1.29 is 14.3 Å². The highest BCUT2D eigenvalue weighted by atomic mass is 16.5. The molecule has 0 amide bonds. The quantitative estimate of drug-likeness (QED) is 0.878. The third kappa shape index (κ3) is 2.24. The van der Waals surface area contributed by atoms with Gasteiger partial charge in [0.1, 0.15) is 11.9 Å². The van der Waals surface area contributed by atoms with Crippen LogP contribution in [-0.2, 0) is 4.74 Å². The van der Waals surface area contributed by atoms with Crippen molar-refractivity contribution in [3.8, 4) is 0 Å². The summed E-state index contributed by atoms with van der Waals surface area (Å²) in [6.07, 6.45) is 8.77. The van der Waals surface area contributed by atoms with Crippen molar-refractivity contribution >= 4 is 0 Å². The average Bonchev–Trinajstić information content (AvgIpc) is 3.23. The highest BCUT2D eigenvalue weighted by Gasteiger charge is 2.64. The Labute approximate surface area is 132 Å². The fourth-order valence-electron chi connectivity index (χ4n) is 5.25. The molecule has 0 bridgehead atoms. The van der Waals surface area contributed by atoms with E-state index in [1.54, 1.807) is 6.26 Å². The summed E-state index contributed by atoms with van der Waals surface area (Å²) in [7, 11) is 0. The Kier molecular flexibility index (Phi) is 3.79. The molecular formula is C18H27NO3. The zero-order chi connectivity index (χ0) is 15.2. The largest absolute Gasteiger partial charge is 0.467 e. The Balaban J connectivity index is 1.39. The Morgan fingerprint density at radius 1 is 1.41 bits per heavy atom. The predicted molar refractivity (Wildman–Crippen MR) is 83.4 cm³/mol. The number of aliphatic hydroxyl groups is 1. The molecule has 0 radical (unpaired) electrons. The molecule has 4 heteroatoms. The highest BCUT2D eigenvalue weighted by molar-refractivity contribution is 5.17. The molecule has 2 heterocycles. The van der Waals surface area contributed by atoms with Crippen LogP contribution in [0.2, 0.25) is 0 Å². The van der Waals surface area contributed by atoms with Gasteiger partial charge in [-0.1, -0.05) is 12.8 Å². The molecule has 1 aliphatic heterocycles. The lowest BCUT2D eigenvalue weighted by Gasteiger charge is -2.58. The minimum absolute atomic E-state index is 0.282. The van der Waals surface area contributed by atoms with Gasteiger partial charge in [0.15, 0.2) is 0 Å². The molecule has 1 spiro atoms. The zero-order valence-corrected chi connectivity index (χ0v) is 13.3. The van der Waals surface area contributed by atoms with Crippen LogP contribution >= 0.6 is 0 Å². The van der Waals surface area contributed by atoms with E-state index < -0.39 is 6.10 Å². The lowest BCUT2D eigenvalue weighted by atomic mass is 9.54. The molecule has 122 valence electrons. The third-order valence-electron chi connectivity index (χ3n) is 6.20. The summed E-state index contributed by atoms with van der Waals surface area (Å²) in [4.78, 5) is 0. The van der Waals surface area contributed by atoms with Gasteiger partial charge in [-0.2, -0.15) is 0 Å². The molecule has 5 atom stereocenters. The normalized spacial score (nSPS) is 35.3. The first kappa shape index (κ1) is 14.7.